The number of carbonyl (C=O) groups excluding carboxylic acids is 1. The number of aromatic nitrogens is 3. The Morgan fingerprint density at radius 3 is 2.70 bits per heavy atom. The lowest BCUT2D eigenvalue weighted by Crippen LogP contribution is -2.48. The second kappa shape index (κ2) is 8.01. The Labute approximate surface area is 179 Å². The van der Waals surface area contributed by atoms with Gasteiger partial charge in [-0.15, -0.1) is 11.3 Å². The van der Waals surface area contributed by atoms with Gasteiger partial charge in [-0.05, 0) is 19.1 Å². The fraction of sp³-hybridized carbons (Fsp3) is 0.261. The lowest BCUT2D eigenvalue weighted by Gasteiger charge is -2.34. The first-order valence-electron chi connectivity index (χ1n) is 10.1. The molecule has 1 aliphatic heterocycles. The number of fused-ring (bicyclic) bond motifs is 1. The molecule has 1 fully saturated rings. The Bertz CT molecular complexity index is 1170. The van der Waals surface area contributed by atoms with E-state index in [9.17, 15) is 4.79 Å². The number of rotatable bonds is 4. The van der Waals surface area contributed by atoms with Gasteiger partial charge in [0.25, 0.3) is 5.91 Å². The van der Waals surface area contributed by atoms with E-state index < -0.39 is 0 Å². The molecule has 1 amide bonds. The minimum Gasteiger partial charge on any atom is -0.335 e. The van der Waals surface area contributed by atoms with Gasteiger partial charge in [-0.2, -0.15) is 5.10 Å². The van der Waals surface area contributed by atoms with Gasteiger partial charge in [-0.3, -0.25) is 14.8 Å². The van der Waals surface area contributed by atoms with Gasteiger partial charge in [0.05, 0.1) is 11.2 Å². The van der Waals surface area contributed by atoms with E-state index in [1.165, 1.54) is 0 Å². The highest BCUT2D eigenvalue weighted by Crippen LogP contribution is 2.24. The predicted octanol–water partition coefficient (Wildman–Crippen LogP) is 3.95. The molecule has 1 aliphatic rings. The normalized spacial score (nSPS) is 15.0. The standard InChI is InChI=1S/C23H23N5OS/c1-16-7-8-20-19(13-16)21(26-25-20)23(29)28-11-9-27(10-12-28)14-18-15-30-22(24-18)17-5-3-2-4-6-17/h2-8,13,15H,9-12,14H2,1H3,(H,25,26). The van der Waals surface area contributed by atoms with Gasteiger partial charge in [0.15, 0.2) is 5.69 Å². The van der Waals surface area contributed by atoms with Gasteiger partial charge < -0.3 is 4.90 Å². The van der Waals surface area contributed by atoms with Crippen LogP contribution in [-0.4, -0.2) is 57.1 Å². The van der Waals surface area contributed by atoms with Crippen molar-refractivity contribution in [2.24, 2.45) is 0 Å². The molecule has 0 radical (unpaired) electrons. The molecule has 0 spiro atoms. The molecule has 1 saturated heterocycles. The second-order valence-corrected chi connectivity index (χ2v) is 8.56. The van der Waals surface area contributed by atoms with E-state index in [0.717, 1.165) is 52.4 Å². The molecule has 6 nitrogen and oxygen atoms in total. The maximum Gasteiger partial charge on any atom is 0.275 e. The third-order valence-corrected chi connectivity index (χ3v) is 6.48. The van der Waals surface area contributed by atoms with Gasteiger partial charge >= 0.3 is 0 Å². The molecule has 0 bridgehead atoms. The van der Waals surface area contributed by atoms with Crippen LogP contribution < -0.4 is 0 Å². The van der Waals surface area contributed by atoms with E-state index in [2.05, 4.69) is 32.6 Å². The maximum atomic E-state index is 13.0. The zero-order chi connectivity index (χ0) is 20.5. The van der Waals surface area contributed by atoms with E-state index in [1.807, 2.05) is 48.2 Å². The van der Waals surface area contributed by atoms with Crippen LogP contribution in [0.1, 0.15) is 21.7 Å². The lowest BCUT2D eigenvalue weighted by atomic mass is 10.1. The summed E-state index contributed by atoms with van der Waals surface area (Å²) in [5.74, 6) is 0.00604. The number of hydrogen-bond acceptors (Lipinski definition) is 5. The van der Waals surface area contributed by atoms with Gasteiger partial charge in [0.2, 0.25) is 0 Å². The van der Waals surface area contributed by atoms with E-state index in [-0.39, 0.29) is 5.91 Å². The summed E-state index contributed by atoms with van der Waals surface area (Å²) in [5.41, 5.74) is 4.80. The average Bonchev–Trinajstić information content (AvgIpc) is 3.41. The summed E-state index contributed by atoms with van der Waals surface area (Å²) in [4.78, 5) is 22.1. The Morgan fingerprint density at radius 1 is 1.10 bits per heavy atom. The molecule has 1 N–H and O–H groups in total. The van der Waals surface area contributed by atoms with Crippen molar-refractivity contribution in [2.75, 3.05) is 26.2 Å². The van der Waals surface area contributed by atoms with Gasteiger partial charge in [0.1, 0.15) is 5.01 Å². The number of amides is 1. The monoisotopic (exact) mass is 417 g/mol. The molecular formula is C23H23N5OS. The predicted molar refractivity (Wildman–Crippen MR) is 120 cm³/mol. The van der Waals surface area contributed by atoms with Crippen LogP contribution in [0.3, 0.4) is 0 Å². The van der Waals surface area contributed by atoms with Crippen molar-refractivity contribution < 1.29 is 4.79 Å². The minimum absolute atomic E-state index is 0.00604. The molecule has 0 unspecified atom stereocenters. The molecule has 152 valence electrons. The van der Waals surface area contributed by atoms with Crippen LogP contribution in [0.25, 0.3) is 21.5 Å². The first-order chi connectivity index (χ1) is 14.7. The number of H-pyrrole nitrogens is 1. The van der Waals surface area contributed by atoms with Crippen LogP contribution in [-0.2, 0) is 6.54 Å². The molecule has 0 aliphatic carbocycles. The van der Waals surface area contributed by atoms with Crippen molar-refractivity contribution in [3.8, 4) is 10.6 Å². The minimum atomic E-state index is 0.00604. The lowest BCUT2D eigenvalue weighted by molar-refractivity contribution is 0.0623. The van der Waals surface area contributed by atoms with Crippen molar-refractivity contribution in [1.82, 2.24) is 25.0 Å². The Kier molecular flexibility index (Phi) is 5.06. The number of benzene rings is 2. The van der Waals surface area contributed by atoms with Crippen molar-refractivity contribution >= 4 is 28.1 Å². The largest absolute Gasteiger partial charge is 0.335 e. The van der Waals surface area contributed by atoms with Crippen LogP contribution in [0.2, 0.25) is 0 Å². The molecule has 2 aromatic heterocycles. The first kappa shape index (κ1) is 19.0. The summed E-state index contributed by atoms with van der Waals surface area (Å²) in [6.07, 6.45) is 0. The van der Waals surface area contributed by atoms with Crippen LogP contribution in [0, 0.1) is 6.92 Å². The molecule has 5 rings (SSSR count). The fourth-order valence-corrected chi connectivity index (χ4v) is 4.69. The van der Waals surface area contributed by atoms with Crippen LogP contribution in [0.15, 0.2) is 53.9 Å². The van der Waals surface area contributed by atoms with E-state index in [1.54, 1.807) is 11.3 Å². The molecule has 3 heterocycles. The van der Waals surface area contributed by atoms with E-state index >= 15 is 0 Å². The third-order valence-electron chi connectivity index (χ3n) is 5.54. The highest BCUT2D eigenvalue weighted by Gasteiger charge is 2.25. The summed E-state index contributed by atoms with van der Waals surface area (Å²) in [6.45, 7) is 5.93. The summed E-state index contributed by atoms with van der Waals surface area (Å²) in [6, 6.07) is 16.3. The first-order valence-corrected chi connectivity index (χ1v) is 11.0. The number of thiazole rings is 1. The average molecular weight is 418 g/mol. The quantitative estimate of drug-likeness (QED) is 0.546. The number of hydrogen-bond donors (Lipinski definition) is 1. The number of nitrogens with one attached hydrogen (secondary N) is 1. The summed E-state index contributed by atoms with van der Waals surface area (Å²) < 4.78 is 0. The van der Waals surface area contributed by atoms with Gasteiger partial charge in [-0.25, -0.2) is 4.98 Å². The van der Waals surface area contributed by atoms with Crippen LogP contribution in [0.4, 0.5) is 0 Å². The Morgan fingerprint density at radius 2 is 1.90 bits per heavy atom. The topological polar surface area (TPSA) is 65.1 Å². The highest BCUT2D eigenvalue weighted by molar-refractivity contribution is 7.13. The molecule has 0 saturated carbocycles. The van der Waals surface area contributed by atoms with E-state index in [0.29, 0.717) is 18.8 Å². The molecule has 30 heavy (non-hydrogen) atoms. The number of nitrogens with zero attached hydrogens (tertiary/aromatic N) is 4. The molecule has 4 aromatic rings. The second-order valence-electron chi connectivity index (χ2n) is 7.70. The molecular weight excluding hydrogens is 394 g/mol. The van der Waals surface area contributed by atoms with Crippen molar-refractivity contribution in [3.63, 3.8) is 0 Å². The molecule has 0 atom stereocenters. The van der Waals surface area contributed by atoms with Crippen molar-refractivity contribution in [2.45, 2.75) is 13.5 Å². The molecule has 2 aromatic carbocycles. The number of carbonyl (C=O) groups is 1. The SMILES string of the molecule is Cc1ccc2[nH]nc(C(=O)N3CCN(Cc4csc(-c5ccccc5)n4)CC3)c2c1. The number of aromatic amines is 1. The maximum absolute atomic E-state index is 13.0. The number of piperazine rings is 1. The third kappa shape index (κ3) is 3.74. The number of aryl methyl sites for hydroxylation is 1. The summed E-state index contributed by atoms with van der Waals surface area (Å²) >= 11 is 1.68. The van der Waals surface area contributed by atoms with Gasteiger partial charge in [0, 0.05) is 49.1 Å². The Balaban J connectivity index is 1.22. The van der Waals surface area contributed by atoms with Crippen molar-refractivity contribution in [3.05, 3.63) is 70.9 Å². The zero-order valence-corrected chi connectivity index (χ0v) is 17.7. The van der Waals surface area contributed by atoms with Crippen molar-refractivity contribution in [1.29, 1.82) is 0 Å². The highest BCUT2D eigenvalue weighted by atomic mass is 32.1. The van der Waals surface area contributed by atoms with Crippen LogP contribution >= 0.6 is 11.3 Å². The smallest absolute Gasteiger partial charge is 0.275 e. The van der Waals surface area contributed by atoms with Gasteiger partial charge in [-0.1, -0.05) is 42.0 Å². The Hall–Kier alpha value is -3.03. The zero-order valence-electron chi connectivity index (χ0n) is 16.8. The van der Waals surface area contributed by atoms with Crippen LogP contribution in [0.5, 0.6) is 0 Å². The van der Waals surface area contributed by atoms with E-state index in [4.69, 9.17) is 4.98 Å². The molecule has 7 heteroatoms. The summed E-state index contributed by atoms with van der Waals surface area (Å²) in [5, 5.41) is 11.4. The fourth-order valence-electron chi connectivity index (χ4n) is 3.87. The summed E-state index contributed by atoms with van der Waals surface area (Å²) in [7, 11) is 0.